The molecule has 3 rings (SSSR count). The summed E-state index contributed by atoms with van der Waals surface area (Å²) in [5, 5.41) is 26.9. The minimum absolute atomic E-state index is 0.0257. The Morgan fingerprint density at radius 3 is 1.34 bits per heavy atom. The Hall–Kier alpha value is -3.80. The van der Waals surface area contributed by atoms with E-state index in [1.54, 1.807) is 48.5 Å². The van der Waals surface area contributed by atoms with E-state index in [0.29, 0.717) is 11.4 Å². The number of para-hydroxylation sites is 2. The van der Waals surface area contributed by atoms with Gasteiger partial charge in [-0.1, -0.05) is 76.6 Å². The highest BCUT2D eigenvalue weighted by molar-refractivity contribution is 6.07. The molecule has 3 aromatic rings. The molecule has 0 radical (unpaired) electrons. The summed E-state index contributed by atoms with van der Waals surface area (Å²) < 4.78 is 0. The Morgan fingerprint density at radius 1 is 0.579 bits per heavy atom. The summed E-state index contributed by atoms with van der Waals surface area (Å²) in [7, 11) is 0. The van der Waals surface area contributed by atoms with E-state index in [9.17, 15) is 19.8 Å². The first-order valence-corrected chi connectivity index (χ1v) is 13.8. The number of rotatable bonds is 14. The smallest absolute Gasteiger partial charge is 0.259 e. The van der Waals surface area contributed by atoms with E-state index >= 15 is 0 Å². The molecule has 0 aromatic heterocycles. The Balaban J connectivity index is 1.60. The number of hydrogen-bond donors (Lipinski definition) is 4. The molecule has 202 valence electrons. The van der Waals surface area contributed by atoms with E-state index in [0.717, 1.165) is 75.3 Å². The second kappa shape index (κ2) is 14.8. The van der Waals surface area contributed by atoms with Gasteiger partial charge in [0.1, 0.15) is 11.5 Å². The van der Waals surface area contributed by atoms with E-state index in [4.69, 9.17) is 0 Å². The van der Waals surface area contributed by atoms with Crippen molar-refractivity contribution in [1.29, 1.82) is 0 Å². The second-order valence-corrected chi connectivity index (χ2v) is 9.73. The van der Waals surface area contributed by atoms with Crippen molar-refractivity contribution >= 4 is 23.2 Å². The molecule has 0 saturated carbocycles. The lowest BCUT2D eigenvalue weighted by atomic mass is 10.0. The van der Waals surface area contributed by atoms with Gasteiger partial charge in [-0.25, -0.2) is 0 Å². The predicted molar refractivity (Wildman–Crippen MR) is 154 cm³/mol. The molecule has 0 heterocycles. The summed E-state index contributed by atoms with van der Waals surface area (Å²) in [5.41, 5.74) is 3.11. The van der Waals surface area contributed by atoms with Crippen LogP contribution in [-0.4, -0.2) is 22.0 Å². The topological polar surface area (TPSA) is 98.7 Å². The van der Waals surface area contributed by atoms with Crippen molar-refractivity contribution in [3.8, 4) is 11.5 Å². The third kappa shape index (κ3) is 8.10. The molecule has 6 heteroatoms. The van der Waals surface area contributed by atoms with Gasteiger partial charge in [-0.15, -0.1) is 0 Å². The van der Waals surface area contributed by atoms with Crippen LogP contribution in [0.1, 0.15) is 97.1 Å². The first kappa shape index (κ1) is 28.8. The Bertz CT molecular complexity index is 1110. The fourth-order valence-electron chi connectivity index (χ4n) is 4.47. The summed E-state index contributed by atoms with van der Waals surface area (Å²) in [6, 6.07) is 17.2. The van der Waals surface area contributed by atoms with Crippen LogP contribution < -0.4 is 10.6 Å². The molecule has 0 aliphatic carbocycles. The zero-order valence-electron chi connectivity index (χ0n) is 22.6. The molecule has 0 atom stereocenters. The van der Waals surface area contributed by atoms with Gasteiger partial charge < -0.3 is 20.8 Å². The van der Waals surface area contributed by atoms with Gasteiger partial charge in [-0.05, 0) is 73.2 Å². The second-order valence-electron chi connectivity index (χ2n) is 9.73. The molecular formula is C32H40N2O4. The molecule has 0 fully saturated rings. The predicted octanol–water partition coefficient (Wildman–Crippen LogP) is 7.85. The lowest BCUT2D eigenvalue weighted by molar-refractivity contribution is 0.101. The number of hydrogen-bond acceptors (Lipinski definition) is 4. The zero-order chi connectivity index (χ0) is 27.3. The summed E-state index contributed by atoms with van der Waals surface area (Å²) in [6.07, 6.45) is 10.2. The van der Waals surface area contributed by atoms with E-state index in [-0.39, 0.29) is 22.6 Å². The van der Waals surface area contributed by atoms with Gasteiger partial charge in [0, 0.05) is 11.4 Å². The first-order chi connectivity index (χ1) is 18.4. The first-order valence-electron chi connectivity index (χ1n) is 13.8. The van der Waals surface area contributed by atoms with Gasteiger partial charge in [-0.3, -0.25) is 9.59 Å². The highest BCUT2D eigenvalue weighted by Crippen LogP contribution is 2.27. The number of aromatic hydroxyl groups is 2. The normalized spacial score (nSPS) is 10.8. The van der Waals surface area contributed by atoms with Crippen molar-refractivity contribution in [2.24, 2.45) is 0 Å². The van der Waals surface area contributed by atoms with E-state index in [2.05, 4.69) is 24.5 Å². The van der Waals surface area contributed by atoms with E-state index in [1.807, 2.05) is 12.1 Å². The minimum Gasteiger partial charge on any atom is -0.507 e. The van der Waals surface area contributed by atoms with Crippen molar-refractivity contribution in [3.05, 3.63) is 82.9 Å². The van der Waals surface area contributed by atoms with Crippen molar-refractivity contribution < 1.29 is 19.8 Å². The fraction of sp³-hybridized carbons (Fsp3) is 0.375. The number of aryl methyl sites for hydroxylation is 2. The average molecular weight is 517 g/mol. The molecule has 0 spiro atoms. The maximum absolute atomic E-state index is 12.8. The quantitative estimate of drug-likeness (QED) is 0.164. The Labute approximate surface area is 226 Å². The number of carbonyl (C=O) groups excluding carboxylic acids is 2. The lowest BCUT2D eigenvalue weighted by Gasteiger charge is -2.12. The van der Waals surface area contributed by atoms with Crippen LogP contribution in [0, 0.1) is 0 Å². The number of phenols is 2. The molecule has 0 aliphatic rings. The highest BCUT2D eigenvalue weighted by Gasteiger charge is 2.16. The lowest BCUT2D eigenvalue weighted by Crippen LogP contribution is -2.14. The molecule has 38 heavy (non-hydrogen) atoms. The van der Waals surface area contributed by atoms with Gasteiger partial charge in [0.05, 0.1) is 11.1 Å². The number of phenolic OH excluding ortho intramolecular Hbond substituents is 2. The standard InChI is InChI=1S/C32H40N2O4/c1-3-5-7-9-13-23-15-11-17-27(29(23)35)31(37)33-25-19-21-26(22-20-25)34-32(38)28-18-12-16-24(30(28)36)14-10-8-6-4-2/h11-12,15-22,35-36H,3-10,13-14H2,1-2H3,(H,33,37)(H,34,38). The largest absolute Gasteiger partial charge is 0.507 e. The summed E-state index contributed by atoms with van der Waals surface area (Å²) in [4.78, 5) is 25.6. The van der Waals surface area contributed by atoms with E-state index < -0.39 is 11.8 Å². The third-order valence-electron chi connectivity index (χ3n) is 6.73. The number of nitrogens with one attached hydrogen (secondary N) is 2. The number of carbonyl (C=O) groups is 2. The summed E-state index contributed by atoms with van der Waals surface area (Å²) in [6.45, 7) is 4.31. The van der Waals surface area contributed by atoms with Crippen LogP contribution in [0.25, 0.3) is 0 Å². The molecule has 0 aliphatic heterocycles. The van der Waals surface area contributed by atoms with Crippen LogP contribution in [0.15, 0.2) is 60.7 Å². The highest BCUT2D eigenvalue weighted by atomic mass is 16.3. The molecular weight excluding hydrogens is 476 g/mol. The van der Waals surface area contributed by atoms with Crippen LogP contribution in [-0.2, 0) is 12.8 Å². The molecule has 4 N–H and O–H groups in total. The van der Waals surface area contributed by atoms with Gasteiger partial charge in [0.2, 0.25) is 0 Å². The monoisotopic (exact) mass is 516 g/mol. The van der Waals surface area contributed by atoms with Gasteiger partial charge >= 0.3 is 0 Å². The minimum atomic E-state index is -0.393. The summed E-state index contributed by atoms with van der Waals surface area (Å²) >= 11 is 0. The average Bonchev–Trinajstić information content (AvgIpc) is 2.91. The van der Waals surface area contributed by atoms with Crippen LogP contribution in [0.3, 0.4) is 0 Å². The Kier molecular flexibility index (Phi) is 11.2. The summed E-state index contributed by atoms with van der Waals surface area (Å²) in [5.74, 6) is -0.735. The third-order valence-corrected chi connectivity index (χ3v) is 6.73. The van der Waals surface area contributed by atoms with Crippen molar-refractivity contribution in [2.45, 2.75) is 78.1 Å². The van der Waals surface area contributed by atoms with Gasteiger partial charge in [0.15, 0.2) is 0 Å². The van der Waals surface area contributed by atoms with Crippen LogP contribution in [0.2, 0.25) is 0 Å². The number of anilines is 2. The maximum Gasteiger partial charge on any atom is 0.259 e. The van der Waals surface area contributed by atoms with Crippen molar-refractivity contribution in [1.82, 2.24) is 0 Å². The maximum atomic E-state index is 12.8. The fourth-order valence-corrected chi connectivity index (χ4v) is 4.47. The molecule has 0 saturated heterocycles. The van der Waals surface area contributed by atoms with Gasteiger partial charge in [-0.2, -0.15) is 0 Å². The molecule has 0 bridgehead atoms. The Morgan fingerprint density at radius 2 is 0.974 bits per heavy atom. The zero-order valence-corrected chi connectivity index (χ0v) is 22.6. The van der Waals surface area contributed by atoms with E-state index in [1.165, 1.54) is 0 Å². The van der Waals surface area contributed by atoms with Gasteiger partial charge in [0.25, 0.3) is 11.8 Å². The molecule has 2 amide bonds. The number of unbranched alkanes of at least 4 members (excludes halogenated alkanes) is 6. The van der Waals surface area contributed by atoms with Crippen molar-refractivity contribution in [2.75, 3.05) is 10.6 Å². The van der Waals surface area contributed by atoms with Crippen LogP contribution >= 0.6 is 0 Å². The van der Waals surface area contributed by atoms with Crippen LogP contribution in [0.5, 0.6) is 11.5 Å². The molecule has 6 nitrogen and oxygen atoms in total. The number of benzene rings is 3. The van der Waals surface area contributed by atoms with Crippen molar-refractivity contribution in [3.63, 3.8) is 0 Å². The molecule has 3 aromatic carbocycles. The molecule has 0 unspecified atom stereocenters. The van der Waals surface area contributed by atoms with Crippen LogP contribution in [0.4, 0.5) is 11.4 Å². The SMILES string of the molecule is CCCCCCc1cccc(C(=O)Nc2ccc(NC(=O)c3cccc(CCCCCC)c3O)cc2)c1O. The number of amides is 2.